The molecule has 0 saturated carbocycles. The van der Waals surface area contributed by atoms with Crippen molar-refractivity contribution in [1.29, 1.82) is 0 Å². The Bertz CT molecular complexity index is 658. The van der Waals surface area contributed by atoms with E-state index in [1.807, 2.05) is 12.1 Å². The lowest BCUT2D eigenvalue weighted by Crippen LogP contribution is -1.80. The molecule has 122 valence electrons. The molecule has 2 heteroatoms. The van der Waals surface area contributed by atoms with Crippen molar-refractivity contribution in [2.24, 2.45) is 0 Å². The molecule has 4 rings (SSSR count). The van der Waals surface area contributed by atoms with E-state index >= 15 is 0 Å². The van der Waals surface area contributed by atoms with Crippen molar-refractivity contribution in [1.82, 2.24) is 0 Å². The second-order valence-electron chi connectivity index (χ2n) is 5.32. The number of hydrogen-bond acceptors (Lipinski definition) is 2. The fourth-order valence-electron chi connectivity index (χ4n) is 2.23. The van der Waals surface area contributed by atoms with E-state index in [1.165, 1.54) is 11.1 Å². The summed E-state index contributed by atoms with van der Waals surface area (Å²) in [4.78, 5) is 0. The van der Waals surface area contributed by atoms with Gasteiger partial charge in [-0.25, -0.2) is 0 Å². The summed E-state index contributed by atoms with van der Waals surface area (Å²) in [6.45, 7) is 0. The monoisotopic (exact) mass is 318 g/mol. The van der Waals surface area contributed by atoms with E-state index in [2.05, 4.69) is 36.5 Å². The summed E-state index contributed by atoms with van der Waals surface area (Å²) in [7, 11) is 0. The lowest BCUT2D eigenvalue weighted by Gasteiger charge is -1.99. The highest BCUT2D eigenvalue weighted by atomic mass is 16.3. The first-order chi connectivity index (χ1) is 11.8. The molecule has 0 radical (unpaired) electrons. The second kappa shape index (κ2) is 9.90. The predicted octanol–water partition coefficient (Wildman–Crippen LogP) is 5.54. The Labute approximate surface area is 143 Å². The van der Waals surface area contributed by atoms with Crippen LogP contribution in [-0.4, -0.2) is 10.2 Å². The Morgan fingerprint density at radius 3 is 1.12 bits per heavy atom. The number of aromatic hydroxyl groups is 2. The van der Waals surface area contributed by atoms with Gasteiger partial charge in [-0.1, -0.05) is 72.9 Å². The van der Waals surface area contributed by atoms with E-state index in [4.69, 9.17) is 10.2 Å². The third-order valence-corrected chi connectivity index (χ3v) is 3.47. The fourth-order valence-corrected chi connectivity index (χ4v) is 2.23. The van der Waals surface area contributed by atoms with Crippen LogP contribution in [0, 0.1) is 0 Å². The highest BCUT2D eigenvalue weighted by molar-refractivity contribution is 5.44. The van der Waals surface area contributed by atoms with Crippen LogP contribution in [-0.2, 0) is 0 Å². The summed E-state index contributed by atoms with van der Waals surface area (Å²) in [5.74, 6) is 0.644. The first-order valence-electron chi connectivity index (χ1n) is 7.95. The van der Waals surface area contributed by atoms with E-state index in [0.717, 1.165) is 12.8 Å². The highest BCUT2D eigenvalue weighted by Gasteiger charge is 2.05. The van der Waals surface area contributed by atoms with Gasteiger partial charge >= 0.3 is 0 Å². The second-order valence-corrected chi connectivity index (χ2v) is 5.32. The first-order valence-corrected chi connectivity index (χ1v) is 7.95. The molecule has 0 spiro atoms. The number of hydrogen-bond donors (Lipinski definition) is 2. The van der Waals surface area contributed by atoms with Crippen molar-refractivity contribution in [2.45, 2.75) is 12.8 Å². The zero-order valence-corrected chi connectivity index (χ0v) is 13.5. The Morgan fingerprint density at radius 1 is 0.542 bits per heavy atom. The summed E-state index contributed by atoms with van der Waals surface area (Å²) in [6.07, 6.45) is 15.4. The molecule has 2 aliphatic rings. The maximum atomic E-state index is 8.63. The third-order valence-electron chi connectivity index (χ3n) is 3.47. The minimum absolute atomic E-state index is 0.322. The van der Waals surface area contributed by atoms with Gasteiger partial charge in [-0.3, -0.25) is 0 Å². The molecular formula is C22H22O2. The van der Waals surface area contributed by atoms with E-state index in [0.29, 0.717) is 11.5 Å². The largest absolute Gasteiger partial charge is 0.508 e. The highest BCUT2D eigenvalue weighted by Crippen LogP contribution is 2.25. The van der Waals surface area contributed by atoms with E-state index in [9.17, 15) is 0 Å². The van der Waals surface area contributed by atoms with E-state index in [-0.39, 0.29) is 0 Å². The number of phenols is 2. The van der Waals surface area contributed by atoms with Crippen LogP contribution in [0.3, 0.4) is 0 Å². The molecule has 2 nitrogen and oxygen atoms in total. The van der Waals surface area contributed by atoms with Gasteiger partial charge in [0, 0.05) is 0 Å². The molecule has 2 aliphatic carbocycles. The number of para-hydroxylation sites is 2. The maximum Gasteiger partial charge on any atom is 0.115 e. The van der Waals surface area contributed by atoms with Crippen molar-refractivity contribution >= 4 is 0 Å². The van der Waals surface area contributed by atoms with Crippen LogP contribution in [0.5, 0.6) is 11.5 Å². The molecule has 0 unspecified atom stereocenters. The maximum absolute atomic E-state index is 8.63. The molecule has 0 bridgehead atoms. The van der Waals surface area contributed by atoms with Gasteiger partial charge in [0.1, 0.15) is 11.5 Å². The van der Waals surface area contributed by atoms with E-state index in [1.54, 1.807) is 48.5 Å². The Balaban J connectivity index is 0.000000134. The van der Waals surface area contributed by atoms with Crippen LogP contribution in [0.15, 0.2) is 108 Å². The van der Waals surface area contributed by atoms with Gasteiger partial charge in [0.2, 0.25) is 0 Å². The zero-order chi connectivity index (χ0) is 17.0. The predicted molar refractivity (Wildman–Crippen MR) is 99.9 cm³/mol. The minimum Gasteiger partial charge on any atom is -0.508 e. The topological polar surface area (TPSA) is 40.5 Å². The standard InChI is InChI=1S/C10H10.2C6H6O/c1-2-6-9(5-1)10-7-3-4-8-10;2*7-6-4-2-1-3-5-6/h1-5,7H,6,8H2;2*1-5,7H. The Hall–Kier alpha value is -3.00. The van der Waals surface area contributed by atoms with Crippen LogP contribution in [0.2, 0.25) is 0 Å². The Morgan fingerprint density at radius 2 is 0.917 bits per heavy atom. The molecule has 0 saturated heterocycles. The molecule has 0 atom stereocenters. The van der Waals surface area contributed by atoms with Crippen LogP contribution < -0.4 is 0 Å². The molecule has 0 heterocycles. The number of rotatable bonds is 1. The van der Waals surface area contributed by atoms with Crippen molar-refractivity contribution in [3.05, 3.63) is 108 Å². The SMILES string of the molecule is C1=CCC(C2=CC=CC2)=C1.Oc1ccccc1.Oc1ccccc1. The molecule has 2 aromatic rings. The van der Waals surface area contributed by atoms with Gasteiger partial charge in [0.05, 0.1) is 0 Å². The van der Waals surface area contributed by atoms with Crippen molar-refractivity contribution in [3.63, 3.8) is 0 Å². The Kier molecular flexibility index (Phi) is 7.16. The summed E-state index contributed by atoms with van der Waals surface area (Å²) in [6, 6.07) is 17.4. The number of benzene rings is 2. The van der Waals surface area contributed by atoms with Gasteiger partial charge < -0.3 is 10.2 Å². The lowest BCUT2D eigenvalue weighted by atomic mass is 10.1. The first kappa shape index (κ1) is 17.4. The van der Waals surface area contributed by atoms with Gasteiger partial charge in [0.15, 0.2) is 0 Å². The normalized spacial score (nSPS) is 14.0. The summed E-state index contributed by atoms with van der Waals surface area (Å²) < 4.78 is 0. The van der Waals surface area contributed by atoms with Crippen LogP contribution >= 0.6 is 0 Å². The molecule has 0 fully saturated rings. The number of allylic oxidation sites excluding steroid dienone is 8. The smallest absolute Gasteiger partial charge is 0.115 e. The van der Waals surface area contributed by atoms with Crippen LogP contribution in [0.1, 0.15) is 12.8 Å². The minimum atomic E-state index is 0.322. The van der Waals surface area contributed by atoms with Crippen LogP contribution in [0.25, 0.3) is 0 Å². The lowest BCUT2D eigenvalue weighted by molar-refractivity contribution is 0.475. The number of phenolic OH excluding ortho intramolecular Hbond substituents is 2. The summed E-state index contributed by atoms with van der Waals surface area (Å²) in [5.41, 5.74) is 2.98. The molecule has 0 amide bonds. The summed E-state index contributed by atoms with van der Waals surface area (Å²) >= 11 is 0. The third kappa shape index (κ3) is 6.41. The molecule has 2 N–H and O–H groups in total. The van der Waals surface area contributed by atoms with Gasteiger partial charge in [-0.2, -0.15) is 0 Å². The average molecular weight is 318 g/mol. The van der Waals surface area contributed by atoms with Crippen molar-refractivity contribution in [2.75, 3.05) is 0 Å². The molecule has 2 aromatic carbocycles. The van der Waals surface area contributed by atoms with Gasteiger partial charge in [-0.15, -0.1) is 0 Å². The molecule has 0 aliphatic heterocycles. The van der Waals surface area contributed by atoms with E-state index < -0.39 is 0 Å². The summed E-state index contributed by atoms with van der Waals surface area (Å²) in [5, 5.41) is 17.3. The molecular weight excluding hydrogens is 296 g/mol. The van der Waals surface area contributed by atoms with Gasteiger partial charge in [0.25, 0.3) is 0 Å². The fraction of sp³-hybridized carbons (Fsp3) is 0.0909. The van der Waals surface area contributed by atoms with Gasteiger partial charge in [-0.05, 0) is 48.3 Å². The van der Waals surface area contributed by atoms with Crippen LogP contribution in [0.4, 0.5) is 0 Å². The molecule has 24 heavy (non-hydrogen) atoms. The van der Waals surface area contributed by atoms with Crippen molar-refractivity contribution in [3.8, 4) is 11.5 Å². The quantitative estimate of drug-likeness (QED) is 0.724. The average Bonchev–Trinajstić information content (AvgIpc) is 3.31. The molecule has 0 aromatic heterocycles. The zero-order valence-electron chi connectivity index (χ0n) is 13.5. The van der Waals surface area contributed by atoms with Crippen molar-refractivity contribution < 1.29 is 10.2 Å².